The Morgan fingerprint density at radius 2 is 1.90 bits per heavy atom. The van der Waals surface area contributed by atoms with Crippen LogP contribution in [0.1, 0.15) is 16.7 Å². The van der Waals surface area contributed by atoms with Crippen LogP contribution < -0.4 is 4.74 Å². The zero-order valence-corrected chi connectivity index (χ0v) is 10.7. The molecule has 2 aromatic rings. The maximum Gasteiger partial charge on any atom is 0.416 e. The minimum absolute atomic E-state index is 0.0950. The Labute approximate surface area is 118 Å². The second-order valence-corrected chi connectivity index (χ2v) is 4.22. The first kappa shape index (κ1) is 14.9. The largest absolute Gasteiger partial charge is 0.457 e. The molecule has 2 aromatic carbocycles. The number of aliphatic hydroxyl groups is 1. The number of aliphatic hydroxyl groups excluding tert-OH is 1. The lowest BCUT2D eigenvalue weighted by atomic mass is 10.1. The van der Waals surface area contributed by atoms with Gasteiger partial charge in [-0.2, -0.15) is 18.4 Å². The van der Waals surface area contributed by atoms with Gasteiger partial charge in [0.05, 0.1) is 23.8 Å². The Morgan fingerprint density at radius 3 is 2.52 bits per heavy atom. The summed E-state index contributed by atoms with van der Waals surface area (Å²) in [6.07, 6.45) is -4.50. The Kier molecular flexibility index (Phi) is 4.15. The molecule has 0 aliphatic carbocycles. The molecule has 0 spiro atoms. The number of ether oxygens (including phenoxy) is 1. The fourth-order valence-electron chi connectivity index (χ4n) is 1.71. The van der Waals surface area contributed by atoms with E-state index >= 15 is 0 Å². The monoisotopic (exact) mass is 293 g/mol. The van der Waals surface area contributed by atoms with Crippen LogP contribution in [-0.2, 0) is 12.8 Å². The van der Waals surface area contributed by atoms with Crippen molar-refractivity contribution in [2.24, 2.45) is 0 Å². The van der Waals surface area contributed by atoms with Crippen molar-refractivity contribution < 1.29 is 23.0 Å². The number of halogens is 3. The Morgan fingerprint density at radius 1 is 1.14 bits per heavy atom. The molecular formula is C15H10F3NO2. The predicted octanol–water partition coefficient (Wildman–Crippen LogP) is 3.86. The van der Waals surface area contributed by atoms with Crippen molar-refractivity contribution in [3.05, 3.63) is 59.2 Å². The quantitative estimate of drug-likeness (QED) is 0.934. The highest BCUT2D eigenvalue weighted by Gasteiger charge is 2.31. The van der Waals surface area contributed by atoms with E-state index in [-0.39, 0.29) is 17.1 Å². The van der Waals surface area contributed by atoms with Gasteiger partial charge in [0, 0.05) is 5.56 Å². The SMILES string of the molecule is N#Cc1cccc(Oc2cc(C(F)(F)F)ccc2CO)c1. The van der Waals surface area contributed by atoms with Gasteiger partial charge in [0.2, 0.25) is 0 Å². The first-order valence-corrected chi connectivity index (χ1v) is 5.93. The summed E-state index contributed by atoms with van der Waals surface area (Å²) in [5.74, 6) is 0.130. The number of nitrogens with zero attached hydrogens (tertiary/aromatic N) is 1. The molecule has 3 nitrogen and oxygen atoms in total. The normalized spacial score (nSPS) is 11.0. The van der Waals surface area contributed by atoms with E-state index in [1.165, 1.54) is 12.1 Å². The number of rotatable bonds is 3. The predicted molar refractivity (Wildman–Crippen MR) is 68.6 cm³/mol. The summed E-state index contributed by atoms with van der Waals surface area (Å²) in [4.78, 5) is 0. The molecule has 0 heterocycles. The van der Waals surface area contributed by atoms with Gasteiger partial charge in [-0.1, -0.05) is 12.1 Å². The average molecular weight is 293 g/mol. The van der Waals surface area contributed by atoms with Gasteiger partial charge < -0.3 is 9.84 Å². The summed E-state index contributed by atoms with van der Waals surface area (Å²) in [6, 6.07) is 10.8. The van der Waals surface area contributed by atoms with Gasteiger partial charge >= 0.3 is 6.18 Å². The third-order valence-corrected chi connectivity index (χ3v) is 2.76. The molecular weight excluding hydrogens is 283 g/mol. The van der Waals surface area contributed by atoms with E-state index in [1.807, 2.05) is 6.07 Å². The second kappa shape index (κ2) is 5.85. The van der Waals surface area contributed by atoms with E-state index in [2.05, 4.69) is 0 Å². The van der Waals surface area contributed by atoms with Gasteiger partial charge in [0.1, 0.15) is 11.5 Å². The summed E-state index contributed by atoms with van der Waals surface area (Å²) in [7, 11) is 0. The first-order valence-electron chi connectivity index (χ1n) is 5.93. The first-order chi connectivity index (χ1) is 9.94. The van der Waals surface area contributed by atoms with E-state index in [1.54, 1.807) is 12.1 Å². The van der Waals surface area contributed by atoms with Crippen LogP contribution in [0.15, 0.2) is 42.5 Å². The molecule has 0 radical (unpaired) electrons. The maximum atomic E-state index is 12.7. The van der Waals surface area contributed by atoms with Crippen molar-refractivity contribution in [2.75, 3.05) is 0 Å². The number of hydrogen-bond donors (Lipinski definition) is 1. The zero-order chi connectivity index (χ0) is 15.5. The standard InChI is InChI=1S/C15H10F3NO2/c16-15(17,18)12-5-4-11(9-20)14(7-12)21-13-3-1-2-10(6-13)8-19/h1-7,20H,9H2. The summed E-state index contributed by atoms with van der Waals surface area (Å²) in [5, 5.41) is 18.0. The van der Waals surface area contributed by atoms with Crippen LogP contribution >= 0.6 is 0 Å². The molecule has 108 valence electrons. The third-order valence-electron chi connectivity index (χ3n) is 2.76. The van der Waals surface area contributed by atoms with Crippen LogP contribution in [0.25, 0.3) is 0 Å². The van der Waals surface area contributed by atoms with Gasteiger partial charge in [-0.3, -0.25) is 0 Å². The van der Waals surface area contributed by atoms with Gasteiger partial charge in [-0.05, 0) is 30.3 Å². The lowest BCUT2D eigenvalue weighted by Crippen LogP contribution is -2.06. The Hall–Kier alpha value is -2.52. The third kappa shape index (κ3) is 3.52. The number of nitriles is 1. The van der Waals surface area contributed by atoms with Gasteiger partial charge in [0.15, 0.2) is 0 Å². The summed E-state index contributed by atoms with van der Waals surface area (Å²) >= 11 is 0. The minimum atomic E-state index is -4.50. The molecule has 0 unspecified atom stereocenters. The summed E-state index contributed by atoms with van der Waals surface area (Å²) in [6.45, 7) is -0.453. The molecule has 2 rings (SSSR count). The van der Waals surface area contributed by atoms with Crippen LogP contribution in [0.5, 0.6) is 11.5 Å². The van der Waals surface area contributed by atoms with Crippen molar-refractivity contribution >= 4 is 0 Å². The van der Waals surface area contributed by atoms with Crippen molar-refractivity contribution in [3.8, 4) is 17.6 Å². The molecule has 21 heavy (non-hydrogen) atoms. The second-order valence-electron chi connectivity index (χ2n) is 4.22. The molecule has 0 fully saturated rings. The molecule has 0 aliphatic rings. The van der Waals surface area contributed by atoms with E-state index in [0.717, 1.165) is 18.2 Å². The molecule has 0 atom stereocenters. The Balaban J connectivity index is 2.39. The average Bonchev–Trinajstić information content (AvgIpc) is 2.46. The number of hydrogen-bond acceptors (Lipinski definition) is 3. The molecule has 6 heteroatoms. The van der Waals surface area contributed by atoms with Crippen molar-refractivity contribution in [2.45, 2.75) is 12.8 Å². The lowest BCUT2D eigenvalue weighted by molar-refractivity contribution is -0.137. The molecule has 0 aliphatic heterocycles. The van der Waals surface area contributed by atoms with E-state index in [4.69, 9.17) is 10.00 Å². The van der Waals surface area contributed by atoms with Gasteiger partial charge in [0.25, 0.3) is 0 Å². The summed E-state index contributed by atoms with van der Waals surface area (Å²) < 4.78 is 43.5. The molecule has 0 aromatic heterocycles. The topological polar surface area (TPSA) is 53.2 Å². The van der Waals surface area contributed by atoms with Crippen molar-refractivity contribution in [1.29, 1.82) is 5.26 Å². The van der Waals surface area contributed by atoms with E-state index in [0.29, 0.717) is 5.56 Å². The van der Waals surface area contributed by atoms with E-state index in [9.17, 15) is 18.3 Å². The summed E-state index contributed by atoms with van der Waals surface area (Å²) in [5.41, 5.74) is -0.318. The van der Waals surface area contributed by atoms with Gasteiger partial charge in [-0.25, -0.2) is 0 Å². The molecule has 0 bridgehead atoms. The van der Waals surface area contributed by atoms with Crippen LogP contribution in [-0.4, -0.2) is 5.11 Å². The maximum absolute atomic E-state index is 12.7. The highest BCUT2D eigenvalue weighted by atomic mass is 19.4. The Bertz CT molecular complexity index is 690. The fourth-order valence-corrected chi connectivity index (χ4v) is 1.71. The zero-order valence-electron chi connectivity index (χ0n) is 10.7. The van der Waals surface area contributed by atoms with Crippen LogP contribution in [0.4, 0.5) is 13.2 Å². The van der Waals surface area contributed by atoms with Crippen LogP contribution in [0, 0.1) is 11.3 Å². The number of alkyl halides is 3. The lowest BCUT2D eigenvalue weighted by Gasteiger charge is -2.13. The highest BCUT2D eigenvalue weighted by molar-refractivity contribution is 5.43. The number of benzene rings is 2. The molecule has 0 saturated carbocycles. The molecule has 1 N–H and O–H groups in total. The minimum Gasteiger partial charge on any atom is -0.457 e. The highest BCUT2D eigenvalue weighted by Crippen LogP contribution is 2.35. The van der Waals surface area contributed by atoms with Crippen molar-refractivity contribution in [1.82, 2.24) is 0 Å². The van der Waals surface area contributed by atoms with E-state index < -0.39 is 18.3 Å². The smallest absolute Gasteiger partial charge is 0.416 e. The fraction of sp³-hybridized carbons (Fsp3) is 0.133. The van der Waals surface area contributed by atoms with Gasteiger partial charge in [-0.15, -0.1) is 0 Å². The van der Waals surface area contributed by atoms with Crippen molar-refractivity contribution in [3.63, 3.8) is 0 Å². The molecule has 0 saturated heterocycles. The molecule has 0 amide bonds. The van der Waals surface area contributed by atoms with Crippen LogP contribution in [0.3, 0.4) is 0 Å². The van der Waals surface area contributed by atoms with Crippen LogP contribution in [0.2, 0.25) is 0 Å².